The van der Waals surface area contributed by atoms with Gasteiger partial charge in [0.15, 0.2) is 5.60 Å². The molecule has 0 radical (unpaired) electrons. The third kappa shape index (κ3) is 0.998. The molecule has 10 heavy (non-hydrogen) atoms. The van der Waals surface area contributed by atoms with Crippen LogP contribution in [0.4, 0.5) is 0 Å². The number of rotatable bonds is 3. The zero-order valence-electron chi connectivity index (χ0n) is 6.02. The van der Waals surface area contributed by atoms with Crippen molar-refractivity contribution >= 4 is 5.91 Å². The summed E-state index contributed by atoms with van der Waals surface area (Å²) >= 11 is 0. The van der Waals surface area contributed by atoms with E-state index in [-0.39, 0.29) is 5.91 Å². The van der Waals surface area contributed by atoms with Crippen LogP contribution in [0.5, 0.6) is 0 Å². The first-order valence-corrected chi connectivity index (χ1v) is 3.36. The van der Waals surface area contributed by atoms with E-state index < -0.39 is 5.60 Å². The fraction of sp³-hybridized carbons (Fsp3) is 0.833. The fourth-order valence-corrected chi connectivity index (χ4v) is 0.976. The Hall–Kier alpha value is -0.610. The van der Waals surface area contributed by atoms with E-state index in [0.717, 1.165) is 0 Å². The van der Waals surface area contributed by atoms with Crippen LogP contribution in [0.3, 0.4) is 0 Å². The average Bonchev–Trinajstić information content (AvgIpc) is 1.77. The molecule has 1 heterocycles. The van der Waals surface area contributed by atoms with Gasteiger partial charge in [-0.25, -0.2) is 0 Å². The van der Waals surface area contributed by atoms with E-state index in [1.807, 2.05) is 6.92 Å². The highest BCUT2D eigenvalue weighted by Crippen LogP contribution is 2.15. The van der Waals surface area contributed by atoms with Gasteiger partial charge in [0, 0.05) is 19.7 Å². The van der Waals surface area contributed by atoms with E-state index in [0.29, 0.717) is 19.7 Å². The second kappa shape index (κ2) is 2.56. The van der Waals surface area contributed by atoms with Crippen molar-refractivity contribution in [2.24, 2.45) is 5.73 Å². The van der Waals surface area contributed by atoms with Gasteiger partial charge in [0.2, 0.25) is 0 Å². The largest absolute Gasteiger partial charge is 0.367 e. The Bertz CT molecular complexity index is 143. The number of amides is 1. The van der Waals surface area contributed by atoms with Crippen molar-refractivity contribution < 1.29 is 9.53 Å². The van der Waals surface area contributed by atoms with E-state index in [1.165, 1.54) is 0 Å². The highest BCUT2D eigenvalue weighted by atomic mass is 16.5. The van der Waals surface area contributed by atoms with Crippen LogP contribution in [0.25, 0.3) is 0 Å². The lowest BCUT2D eigenvalue weighted by atomic mass is 9.96. The maximum atomic E-state index is 10.8. The summed E-state index contributed by atoms with van der Waals surface area (Å²) in [7, 11) is 0. The fourth-order valence-electron chi connectivity index (χ4n) is 0.976. The van der Waals surface area contributed by atoms with Crippen molar-refractivity contribution in [1.82, 2.24) is 5.32 Å². The molecule has 0 spiro atoms. The van der Waals surface area contributed by atoms with Crippen LogP contribution in [-0.4, -0.2) is 31.2 Å². The predicted molar refractivity (Wildman–Crippen MR) is 36.4 cm³/mol. The van der Waals surface area contributed by atoms with E-state index in [4.69, 9.17) is 10.5 Å². The van der Waals surface area contributed by atoms with Gasteiger partial charge in [-0.05, 0) is 6.92 Å². The van der Waals surface area contributed by atoms with Gasteiger partial charge in [0.1, 0.15) is 0 Å². The predicted octanol–water partition coefficient (Wildman–Crippen LogP) is -1.15. The van der Waals surface area contributed by atoms with Gasteiger partial charge >= 0.3 is 0 Å². The maximum Gasteiger partial charge on any atom is 0.252 e. The second-order valence-corrected chi connectivity index (χ2v) is 2.40. The molecule has 4 heteroatoms. The molecule has 0 aromatic heterocycles. The SMILES string of the molecule is CCOC1(C(N)=O)CNC1. The Kier molecular flexibility index (Phi) is 1.92. The van der Waals surface area contributed by atoms with Crippen LogP contribution >= 0.6 is 0 Å². The van der Waals surface area contributed by atoms with Crippen molar-refractivity contribution in [1.29, 1.82) is 0 Å². The number of hydrogen-bond donors (Lipinski definition) is 2. The van der Waals surface area contributed by atoms with Crippen molar-refractivity contribution in [2.45, 2.75) is 12.5 Å². The third-order valence-electron chi connectivity index (χ3n) is 1.69. The standard InChI is InChI=1S/C6H12N2O2/c1-2-10-6(5(7)9)3-8-4-6/h8H,2-4H2,1H3,(H2,7,9). The Morgan fingerprint density at radius 3 is 2.50 bits per heavy atom. The number of carbonyl (C=O) groups excluding carboxylic acids is 1. The first-order chi connectivity index (χ1) is 4.71. The van der Waals surface area contributed by atoms with Crippen molar-refractivity contribution in [3.05, 3.63) is 0 Å². The summed E-state index contributed by atoms with van der Waals surface area (Å²) in [4.78, 5) is 10.8. The van der Waals surface area contributed by atoms with Gasteiger partial charge in [0.25, 0.3) is 5.91 Å². The lowest BCUT2D eigenvalue weighted by molar-refractivity contribution is -0.150. The minimum absolute atomic E-state index is 0.367. The summed E-state index contributed by atoms with van der Waals surface area (Å²) < 4.78 is 5.19. The number of nitrogens with one attached hydrogen (secondary N) is 1. The molecule has 0 unspecified atom stereocenters. The van der Waals surface area contributed by atoms with Gasteiger partial charge in [-0.15, -0.1) is 0 Å². The molecule has 1 fully saturated rings. The van der Waals surface area contributed by atoms with Crippen LogP contribution in [0, 0.1) is 0 Å². The summed E-state index contributed by atoms with van der Waals surface area (Å²) in [6, 6.07) is 0. The second-order valence-electron chi connectivity index (χ2n) is 2.40. The zero-order valence-corrected chi connectivity index (χ0v) is 6.02. The van der Waals surface area contributed by atoms with Crippen molar-refractivity contribution in [2.75, 3.05) is 19.7 Å². The Morgan fingerprint density at radius 2 is 2.40 bits per heavy atom. The summed E-state index contributed by atoms with van der Waals surface area (Å²) in [6.07, 6.45) is 0. The highest BCUT2D eigenvalue weighted by molar-refractivity contribution is 5.85. The topological polar surface area (TPSA) is 64.3 Å². The van der Waals surface area contributed by atoms with Gasteiger partial charge in [-0.2, -0.15) is 0 Å². The molecule has 0 aliphatic carbocycles. The monoisotopic (exact) mass is 144 g/mol. The van der Waals surface area contributed by atoms with Crippen LogP contribution in [0.1, 0.15) is 6.92 Å². The molecular formula is C6H12N2O2. The Balaban J connectivity index is 2.50. The molecule has 0 aromatic rings. The molecular weight excluding hydrogens is 132 g/mol. The average molecular weight is 144 g/mol. The first-order valence-electron chi connectivity index (χ1n) is 3.36. The summed E-state index contributed by atoms with van der Waals surface area (Å²) in [6.45, 7) is 3.49. The van der Waals surface area contributed by atoms with E-state index in [9.17, 15) is 4.79 Å². The first kappa shape index (κ1) is 7.50. The summed E-state index contributed by atoms with van der Waals surface area (Å²) in [5, 5.41) is 2.94. The van der Waals surface area contributed by atoms with E-state index in [2.05, 4.69) is 5.32 Å². The molecule has 3 N–H and O–H groups in total. The van der Waals surface area contributed by atoms with Gasteiger partial charge in [0.05, 0.1) is 0 Å². The smallest absolute Gasteiger partial charge is 0.252 e. The molecule has 0 saturated carbocycles. The number of hydrogen-bond acceptors (Lipinski definition) is 3. The lowest BCUT2D eigenvalue weighted by Crippen LogP contribution is -2.67. The number of primary amides is 1. The molecule has 1 saturated heterocycles. The van der Waals surface area contributed by atoms with Gasteiger partial charge < -0.3 is 15.8 Å². The lowest BCUT2D eigenvalue weighted by Gasteiger charge is -2.38. The van der Waals surface area contributed by atoms with Crippen LogP contribution < -0.4 is 11.1 Å². The van der Waals surface area contributed by atoms with Gasteiger partial charge in [-0.1, -0.05) is 0 Å². The van der Waals surface area contributed by atoms with Crippen LogP contribution in [0.15, 0.2) is 0 Å². The molecule has 1 aliphatic heterocycles. The normalized spacial score (nSPS) is 21.7. The van der Waals surface area contributed by atoms with E-state index >= 15 is 0 Å². The quantitative estimate of drug-likeness (QED) is 0.525. The van der Waals surface area contributed by atoms with Crippen molar-refractivity contribution in [3.63, 3.8) is 0 Å². The summed E-state index contributed by atoms with van der Waals surface area (Å²) in [5.41, 5.74) is 4.42. The zero-order chi connectivity index (χ0) is 7.61. The molecule has 0 atom stereocenters. The number of ether oxygens (including phenoxy) is 1. The number of carbonyl (C=O) groups is 1. The van der Waals surface area contributed by atoms with E-state index in [1.54, 1.807) is 0 Å². The molecule has 0 aromatic carbocycles. The molecule has 0 bridgehead atoms. The van der Waals surface area contributed by atoms with Crippen molar-refractivity contribution in [3.8, 4) is 0 Å². The minimum atomic E-state index is -0.700. The third-order valence-corrected chi connectivity index (χ3v) is 1.69. The molecule has 1 aliphatic rings. The number of nitrogens with two attached hydrogens (primary N) is 1. The molecule has 58 valence electrons. The maximum absolute atomic E-state index is 10.8. The Labute approximate surface area is 59.7 Å². The van der Waals surface area contributed by atoms with Crippen LogP contribution in [-0.2, 0) is 9.53 Å². The molecule has 1 amide bonds. The molecule has 4 nitrogen and oxygen atoms in total. The summed E-state index contributed by atoms with van der Waals surface area (Å²) in [5.74, 6) is -0.367. The van der Waals surface area contributed by atoms with Crippen LogP contribution in [0.2, 0.25) is 0 Å². The minimum Gasteiger partial charge on any atom is -0.367 e. The molecule has 1 rings (SSSR count). The highest BCUT2D eigenvalue weighted by Gasteiger charge is 2.43. The van der Waals surface area contributed by atoms with Gasteiger partial charge in [-0.3, -0.25) is 4.79 Å². The Morgan fingerprint density at radius 1 is 1.80 bits per heavy atom.